The molecule has 1 rings (SSSR count). The molecule has 1 aromatic heterocycles. The van der Waals surface area contributed by atoms with Crippen LogP contribution >= 0.6 is 0 Å². The van der Waals surface area contributed by atoms with E-state index in [-0.39, 0.29) is 24.1 Å². The molecular formula is C13H20N2O3. The van der Waals surface area contributed by atoms with Crippen LogP contribution in [-0.2, 0) is 0 Å². The first-order valence-corrected chi connectivity index (χ1v) is 5.95. The Labute approximate surface area is 107 Å². The predicted octanol–water partition coefficient (Wildman–Crippen LogP) is 1.83. The monoisotopic (exact) mass is 252 g/mol. The van der Waals surface area contributed by atoms with Crippen molar-refractivity contribution in [2.45, 2.75) is 33.7 Å². The Balaban J connectivity index is 3.11. The Morgan fingerprint density at radius 1 is 1.44 bits per heavy atom. The number of aromatic carboxylic acids is 1. The van der Waals surface area contributed by atoms with Crippen molar-refractivity contribution in [2.24, 2.45) is 5.92 Å². The zero-order valence-electron chi connectivity index (χ0n) is 11.2. The highest BCUT2D eigenvalue weighted by atomic mass is 16.4. The van der Waals surface area contributed by atoms with Crippen molar-refractivity contribution < 1.29 is 15.0 Å². The van der Waals surface area contributed by atoms with Gasteiger partial charge in [0.2, 0.25) is 0 Å². The van der Waals surface area contributed by atoms with Crippen molar-refractivity contribution in [3.8, 4) is 0 Å². The normalized spacial score (nSPS) is 14.1. The van der Waals surface area contributed by atoms with Gasteiger partial charge in [0.15, 0.2) is 0 Å². The summed E-state index contributed by atoms with van der Waals surface area (Å²) in [6.07, 6.45) is 0. The maximum Gasteiger partial charge on any atom is 0.339 e. The van der Waals surface area contributed by atoms with E-state index in [0.29, 0.717) is 11.4 Å². The quantitative estimate of drug-likeness (QED) is 0.744. The molecule has 0 saturated heterocycles. The van der Waals surface area contributed by atoms with Gasteiger partial charge in [-0.2, -0.15) is 0 Å². The second kappa shape index (κ2) is 5.82. The third-order valence-corrected chi connectivity index (χ3v) is 3.07. The molecule has 18 heavy (non-hydrogen) atoms. The van der Waals surface area contributed by atoms with Crippen LogP contribution in [0.2, 0.25) is 0 Å². The van der Waals surface area contributed by atoms with Crippen LogP contribution < -0.4 is 5.32 Å². The average Bonchev–Trinajstić information content (AvgIpc) is 2.26. The van der Waals surface area contributed by atoms with Crippen LogP contribution in [-0.4, -0.2) is 33.8 Å². The van der Waals surface area contributed by atoms with Crippen LogP contribution in [0.3, 0.4) is 0 Å². The summed E-state index contributed by atoms with van der Waals surface area (Å²) in [5, 5.41) is 21.5. The molecule has 1 aromatic rings. The van der Waals surface area contributed by atoms with Crippen molar-refractivity contribution in [1.29, 1.82) is 0 Å². The third-order valence-electron chi connectivity index (χ3n) is 3.07. The van der Waals surface area contributed by atoms with Crippen LogP contribution in [0.5, 0.6) is 0 Å². The number of carbonyl (C=O) groups is 1. The maximum atomic E-state index is 11.2. The minimum Gasteiger partial charge on any atom is -0.478 e. The Kier molecular flexibility index (Phi) is 4.67. The SMILES string of the molecule is Cc1cc(NC(C)C(C)CO)c(C(=O)O)c(C)n1. The van der Waals surface area contributed by atoms with Gasteiger partial charge in [-0.1, -0.05) is 6.92 Å². The van der Waals surface area contributed by atoms with Gasteiger partial charge in [0.05, 0.1) is 11.4 Å². The molecule has 0 aromatic carbocycles. The van der Waals surface area contributed by atoms with E-state index in [0.717, 1.165) is 5.69 Å². The molecule has 1 heterocycles. The standard InChI is InChI=1S/C13H20N2O3/c1-7(6-16)9(3)15-11-5-8(2)14-10(4)12(11)13(17)18/h5,7,9,16H,6H2,1-4H3,(H,14,15)(H,17,18). The van der Waals surface area contributed by atoms with Gasteiger partial charge in [-0.15, -0.1) is 0 Å². The summed E-state index contributed by atoms with van der Waals surface area (Å²) in [7, 11) is 0. The second-order valence-corrected chi connectivity index (χ2v) is 4.67. The highest BCUT2D eigenvalue weighted by Gasteiger charge is 2.18. The lowest BCUT2D eigenvalue weighted by Crippen LogP contribution is -2.27. The maximum absolute atomic E-state index is 11.2. The number of anilines is 1. The molecule has 5 nitrogen and oxygen atoms in total. The molecule has 5 heteroatoms. The fourth-order valence-corrected chi connectivity index (χ4v) is 1.76. The number of aromatic nitrogens is 1. The van der Waals surface area contributed by atoms with Crippen molar-refractivity contribution >= 4 is 11.7 Å². The van der Waals surface area contributed by atoms with E-state index in [1.54, 1.807) is 13.0 Å². The fourth-order valence-electron chi connectivity index (χ4n) is 1.76. The molecule has 3 N–H and O–H groups in total. The summed E-state index contributed by atoms with van der Waals surface area (Å²) in [4.78, 5) is 15.4. The van der Waals surface area contributed by atoms with Gasteiger partial charge in [0.25, 0.3) is 0 Å². The van der Waals surface area contributed by atoms with E-state index in [2.05, 4.69) is 10.3 Å². The van der Waals surface area contributed by atoms with Crippen molar-refractivity contribution in [3.05, 3.63) is 23.0 Å². The first kappa shape index (κ1) is 14.4. The van der Waals surface area contributed by atoms with Gasteiger partial charge in [0.1, 0.15) is 5.56 Å². The number of hydrogen-bond donors (Lipinski definition) is 3. The largest absolute Gasteiger partial charge is 0.478 e. The molecule has 0 saturated carbocycles. The summed E-state index contributed by atoms with van der Waals surface area (Å²) in [5.41, 5.74) is 2.01. The third kappa shape index (κ3) is 3.20. The van der Waals surface area contributed by atoms with Crippen LogP contribution in [0, 0.1) is 19.8 Å². The van der Waals surface area contributed by atoms with Crippen molar-refractivity contribution in [2.75, 3.05) is 11.9 Å². The smallest absolute Gasteiger partial charge is 0.339 e. The molecule has 2 atom stereocenters. The van der Waals surface area contributed by atoms with E-state index < -0.39 is 5.97 Å². The number of carboxylic acids is 1. The second-order valence-electron chi connectivity index (χ2n) is 4.67. The number of aliphatic hydroxyl groups is 1. The van der Waals surface area contributed by atoms with Gasteiger partial charge < -0.3 is 15.5 Å². The van der Waals surface area contributed by atoms with E-state index in [1.165, 1.54) is 0 Å². The molecule has 0 aliphatic carbocycles. The van der Waals surface area contributed by atoms with Crippen LogP contribution in [0.1, 0.15) is 35.6 Å². The summed E-state index contributed by atoms with van der Waals surface area (Å²) in [6.45, 7) is 7.38. The molecular weight excluding hydrogens is 232 g/mol. The van der Waals surface area contributed by atoms with Gasteiger partial charge in [-0.05, 0) is 32.8 Å². The summed E-state index contributed by atoms with van der Waals surface area (Å²) >= 11 is 0. The topological polar surface area (TPSA) is 82.5 Å². The van der Waals surface area contributed by atoms with Crippen LogP contribution in [0.15, 0.2) is 6.07 Å². The van der Waals surface area contributed by atoms with Gasteiger partial charge in [0, 0.05) is 18.3 Å². The first-order chi connectivity index (χ1) is 8.36. The Hall–Kier alpha value is -1.62. The summed E-state index contributed by atoms with van der Waals surface area (Å²) in [6, 6.07) is 1.70. The molecule has 0 aliphatic heterocycles. The molecule has 0 spiro atoms. The van der Waals surface area contributed by atoms with Crippen LogP contribution in [0.4, 0.5) is 5.69 Å². The summed E-state index contributed by atoms with van der Waals surface area (Å²) in [5.74, 6) is -0.952. The van der Waals surface area contributed by atoms with E-state index in [9.17, 15) is 9.90 Å². The minimum absolute atomic E-state index is 0.0192. The average molecular weight is 252 g/mol. The van der Waals surface area contributed by atoms with Crippen LogP contribution in [0.25, 0.3) is 0 Å². The summed E-state index contributed by atoms with van der Waals surface area (Å²) < 4.78 is 0. The molecule has 0 aliphatic rings. The van der Waals surface area contributed by atoms with Gasteiger partial charge >= 0.3 is 5.97 Å². The zero-order valence-corrected chi connectivity index (χ0v) is 11.2. The number of nitrogens with zero attached hydrogens (tertiary/aromatic N) is 1. The number of aliphatic hydroxyl groups excluding tert-OH is 1. The minimum atomic E-state index is -0.994. The molecule has 0 bridgehead atoms. The highest BCUT2D eigenvalue weighted by molar-refractivity contribution is 5.95. The molecule has 2 unspecified atom stereocenters. The molecule has 0 radical (unpaired) electrons. The highest BCUT2D eigenvalue weighted by Crippen LogP contribution is 2.22. The first-order valence-electron chi connectivity index (χ1n) is 5.95. The predicted molar refractivity (Wildman–Crippen MR) is 70.0 cm³/mol. The molecule has 0 amide bonds. The molecule has 0 fully saturated rings. The Morgan fingerprint density at radius 2 is 2.06 bits per heavy atom. The number of nitrogens with one attached hydrogen (secondary N) is 1. The Bertz CT molecular complexity index is 446. The number of aryl methyl sites for hydroxylation is 2. The number of rotatable bonds is 5. The number of pyridine rings is 1. The Morgan fingerprint density at radius 3 is 2.56 bits per heavy atom. The molecule has 100 valence electrons. The zero-order chi connectivity index (χ0) is 13.9. The lowest BCUT2D eigenvalue weighted by Gasteiger charge is -2.22. The van der Waals surface area contributed by atoms with E-state index in [4.69, 9.17) is 5.11 Å². The fraction of sp³-hybridized carbons (Fsp3) is 0.538. The van der Waals surface area contributed by atoms with E-state index in [1.807, 2.05) is 20.8 Å². The number of carboxylic acid groups (broad SMARTS) is 1. The van der Waals surface area contributed by atoms with Crippen molar-refractivity contribution in [1.82, 2.24) is 4.98 Å². The number of hydrogen-bond acceptors (Lipinski definition) is 4. The van der Waals surface area contributed by atoms with E-state index >= 15 is 0 Å². The van der Waals surface area contributed by atoms with Gasteiger partial charge in [-0.25, -0.2) is 4.79 Å². The van der Waals surface area contributed by atoms with Crippen molar-refractivity contribution in [3.63, 3.8) is 0 Å². The lowest BCUT2D eigenvalue weighted by atomic mass is 10.0. The van der Waals surface area contributed by atoms with Gasteiger partial charge in [-0.3, -0.25) is 4.98 Å². The lowest BCUT2D eigenvalue weighted by molar-refractivity contribution is 0.0696.